The Morgan fingerprint density at radius 2 is 1.86 bits per heavy atom. The number of benzene rings is 2. The van der Waals surface area contributed by atoms with E-state index in [1.165, 1.54) is 6.92 Å². The van der Waals surface area contributed by atoms with E-state index in [-0.39, 0.29) is 5.78 Å². The van der Waals surface area contributed by atoms with Crippen molar-refractivity contribution in [2.45, 2.75) is 26.9 Å². The third-order valence-corrected chi connectivity index (χ3v) is 3.17. The number of hydrogen-bond donors (Lipinski definition) is 0. The van der Waals surface area contributed by atoms with E-state index in [0.29, 0.717) is 17.9 Å². The lowest BCUT2D eigenvalue weighted by Crippen LogP contribution is -2.26. The maximum atomic E-state index is 11.8. The Bertz CT molecular complexity index is 676. The SMILES string of the molecule is CCOC(=O)C(C)Oc1c(C(C)=O)ccc2ccccc12. The van der Waals surface area contributed by atoms with Crippen LogP contribution in [-0.4, -0.2) is 24.5 Å². The van der Waals surface area contributed by atoms with Gasteiger partial charge in [-0.15, -0.1) is 0 Å². The maximum absolute atomic E-state index is 11.8. The van der Waals surface area contributed by atoms with Gasteiger partial charge in [0, 0.05) is 5.39 Å². The molecule has 2 aromatic rings. The fraction of sp³-hybridized carbons (Fsp3) is 0.294. The third-order valence-electron chi connectivity index (χ3n) is 3.17. The number of hydrogen-bond acceptors (Lipinski definition) is 4. The Balaban J connectivity index is 2.47. The molecule has 0 aliphatic rings. The molecule has 0 radical (unpaired) electrons. The highest BCUT2D eigenvalue weighted by Crippen LogP contribution is 2.31. The normalized spacial score (nSPS) is 12.0. The summed E-state index contributed by atoms with van der Waals surface area (Å²) in [5.41, 5.74) is 0.463. The summed E-state index contributed by atoms with van der Waals surface area (Å²) in [7, 11) is 0. The van der Waals surface area contributed by atoms with Gasteiger partial charge in [-0.2, -0.15) is 0 Å². The zero-order chi connectivity index (χ0) is 15.4. The fourth-order valence-corrected chi connectivity index (χ4v) is 2.13. The molecular weight excluding hydrogens is 268 g/mol. The third kappa shape index (κ3) is 3.21. The summed E-state index contributed by atoms with van der Waals surface area (Å²) in [5, 5.41) is 1.76. The van der Waals surface area contributed by atoms with Crippen molar-refractivity contribution in [2.24, 2.45) is 0 Å². The van der Waals surface area contributed by atoms with Crippen molar-refractivity contribution in [1.82, 2.24) is 0 Å². The van der Waals surface area contributed by atoms with Gasteiger partial charge in [-0.1, -0.05) is 30.3 Å². The Labute approximate surface area is 123 Å². The summed E-state index contributed by atoms with van der Waals surface area (Å²) in [5.74, 6) is -0.118. The second kappa shape index (κ2) is 6.39. The fourth-order valence-electron chi connectivity index (χ4n) is 2.13. The molecule has 2 aromatic carbocycles. The Morgan fingerprint density at radius 3 is 2.52 bits per heavy atom. The first-order valence-corrected chi connectivity index (χ1v) is 6.90. The zero-order valence-corrected chi connectivity index (χ0v) is 12.4. The summed E-state index contributed by atoms with van der Waals surface area (Å²) in [6, 6.07) is 11.2. The van der Waals surface area contributed by atoms with Crippen molar-refractivity contribution in [2.75, 3.05) is 6.61 Å². The average Bonchev–Trinajstić information content (AvgIpc) is 2.47. The number of carbonyl (C=O) groups excluding carboxylic acids is 2. The van der Waals surface area contributed by atoms with Gasteiger partial charge in [0.25, 0.3) is 0 Å². The molecule has 110 valence electrons. The predicted octanol–water partition coefficient (Wildman–Crippen LogP) is 3.37. The Hall–Kier alpha value is -2.36. The minimum Gasteiger partial charge on any atom is -0.478 e. The highest BCUT2D eigenvalue weighted by molar-refractivity contribution is 6.03. The quantitative estimate of drug-likeness (QED) is 0.624. The van der Waals surface area contributed by atoms with E-state index in [0.717, 1.165) is 10.8 Å². The van der Waals surface area contributed by atoms with Gasteiger partial charge in [-0.3, -0.25) is 4.79 Å². The molecule has 0 fully saturated rings. The van der Waals surface area contributed by atoms with Gasteiger partial charge in [0.05, 0.1) is 12.2 Å². The van der Waals surface area contributed by atoms with Crippen LogP contribution in [0.5, 0.6) is 5.75 Å². The molecule has 0 aromatic heterocycles. The van der Waals surface area contributed by atoms with Crippen molar-refractivity contribution in [3.63, 3.8) is 0 Å². The molecule has 2 rings (SSSR count). The molecule has 21 heavy (non-hydrogen) atoms. The number of esters is 1. The van der Waals surface area contributed by atoms with E-state index >= 15 is 0 Å². The van der Waals surface area contributed by atoms with Crippen molar-refractivity contribution in [3.05, 3.63) is 42.0 Å². The van der Waals surface area contributed by atoms with Gasteiger partial charge in [-0.05, 0) is 32.2 Å². The standard InChI is InChI=1S/C17H18O4/c1-4-20-17(19)12(3)21-16-14(11(2)18)10-9-13-7-5-6-8-15(13)16/h5-10,12H,4H2,1-3H3. The Morgan fingerprint density at radius 1 is 1.14 bits per heavy atom. The van der Waals surface area contributed by atoms with Crippen LogP contribution in [0.2, 0.25) is 0 Å². The summed E-state index contributed by atoms with van der Waals surface area (Å²) < 4.78 is 10.7. The highest BCUT2D eigenvalue weighted by Gasteiger charge is 2.20. The molecule has 1 unspecified atom stereocenters. The van der Waals surface area contributed by atoms with E-state index in [4.69, 9.17) is 9.47 Å². The number of carbonyl (C=O) groups is 2. The first kappa shape index (κ1) is 15.0. The molecule has 0 spiro atoms. The van der Waals surface area contributed by atoms with Crippen LogP contribution in [0, 0.1) is 0 Å². The van der Waals surface area contributed by atoms with E-state index in [2.05, 4.69) is 0 Å². The molecule has 0 bridgehead atoms. The molecular formula is C17H18O4. The maximum Gasteiger partial charge on any atom is 0.347 e. The summed E-state index contributed by atoms with van der Waals surface area (Å²) in [4.78, 5) is 23.5. The van der Waals surface area contributed by atoms with E-state index in [1.807, 2.05) is 30.3 Å². The van der Waals surface area contributed by atoms with Crippen LogP contribution < -0.4 is 4.74 Å². The average molecular weight is 286 g/mol. The molecule has 0 saturated heterocycles. The second-order valence-electron chi connectivity index (χ2n) is 4.73. The number of rotatable bonds is 5. The smallest absolute Gasteiger partial charge is 0.347 e. The highest BCUT2D eigenvalue weighted by atomic mass is 16.6. The lowest BCUT2D eigenvalue weighted by molar-refractivity contribution is -0.150. The molecule has 1 atom stereocenters. The van der Waals surface area contributed by atoms with E-state index in [9.17, 15) is 9.59 Å². The number of Topliss-reactive ketones (excluding diaryl/α,β-unsaturated/α-hetero) is 1. The lowest BCUT2D eigenvalue weighted by atomic mass is 10.0. The molecule has 0 aliphatic heterocycles. The first-order valence-electron chi connectivity index (χ1n) is 6.90. The number of ether oxygens (including phenoxy) is 2. The van der Waals surface area contributed by atoms with Crippen molar-refractivity contribution >= 4 is 22.5 Å². The van der Waals surface area contributed by atoms with Crippen LogP contribution in [0.25, 0.3) is 10.8 Å². The Kier molecular flexibility index (Phi) is 4.58. The molecule has 0 heterocycles. The van der Waals surface area contributed by atoms with Crippen LogP contribution in [0.1, 0.15) is 31.1 Å². The van der Waals surface area contributed by atoms with Gasteiger partial charge >= 0.3 is 5.97 Å². The molecule has 0 saturated carbocycles. The van der Waals surface area contributed by atoms with Crippen LogP contribution >= 0.6 is 0 Å². The summed E-state index contributed by atoms with van der Waals surface area (Å²) in [6.45, 7) is 5.13. The van der Waals surface area contributed by atoms with Gasteiger partial charge in [0.1, 0.15) is 5.75 Å². The van der Waals surface area contributed by atoms with Crippen molar-refractivity contribution in [3.8, 4) is 5.75 Å². The predicted molar refractivity (Wildman–Crippen MR) is 80.7 cm³/mol. The van der Waals surface area contributed by atoms with Crippen LogP contribution in [0.15, 0.2) is 36.4 Å². The van der Waals surface area contributed by atoms with Crippen molar-refractivity contribution < 1.29 is 19.1 Å². The topological polar surface area (TPSA) is 52.6 Å². The van der Waals surface area contributed by atoms with Gasteiger partial charge in [0.15, 0.2) is 11.9 Å². The lowest BCUT2D eigenvalue weighted by Gasteiger charge is -2.17. The summed E-state index contributed by atoms with van der Waals surface area (Å²) in [6.07, 6.45) is -0.770. The van der Waals surface area contributed by atoms with Crippen LogP contribution in [0.3, 0.4) is 0 Å². The zero-order valence-electron chi connectivity index (χ0n) is 12.4. The number of ketones is 1. The summed E-state index contributed by atoms with van der Waals surface area (Å²) >= 11 is 0. The van der Waals surface area contributed by atoms with Crippen molar-refractivity contribution in [1.29, 1.82) is 0 Å². The molecule has 0 aliphatic carbocycles. The largest absolute Gasteiger partial charge is 0.478 e. The van der Waals surface area contributed by atoms with Crippen LogP contribution in [-0.2, 0) is 9.53 Å². The molecule has 4 heteroatoms. The number of fused-ring (bicyclic) bond motifs is 1. The van der Waals surface area contributed by atoms with Gasteiger partial charge in [-0.25, -0.2) is 4.79 Å². The molecule has 0 N–H and O–H groups in total. The van der Waals surface area contributed by atoms with Crippen LogP contribution in [0.4, 0.5) is 0 Å². The second-order valence-corrected chi connectivity index (χ2v) is 4.73. The molecule has 4 nitrogen and oxygen atoms in total. The minimum absolute atomic E-state index is 0.105. The van der Waals surface area contributed by atoms with E-state index in [1.54, 1.807) is 19.9 Å². The van der Waals surface area contributed by atoms with Gasteiger partial charge in [0.2, 0.25) is 0 Å². The first-order chi connectivity index (χ1) is 10.0. The molecule has 0 amide bonds. The van der Waals surface area contributed by atoms with E-state index < -0.39 is 12.1 Å². The monoisotopic (exact) mass is 286 g/mol. The van der Waals surface area contributed by atoms with Gasteiger partial charge < -0.3 is 9.47 Å². The minimum atomic E-state index is -0.770.